The van der Waals surface area contributed by atoms with Crippen LogP contribution in [0.5, 0.6) is 0 Å². The van der Waals surface area contributed by atoms with E-state index in [1.165, 1.54) is 26.0 Å². The zero-order chi connectivity index (χ0) is 13.0. The Hall–Kier alpha value is -2.44. The molecule has 1 rings (SSSR count). The molecule has 0 aliphatic rings. The molecule has 0 aromatic carbocycles. The van der Waals surface area contributed by atoms with E-state index < -0.39 is 6.03 Å². The van der Waals surface area contributed by atoms with Crippen molar-refractivity contribution in [2.45, 2.75) is 13.8 Å². The fraction of sp³-hybridized carbons (Fsp3) is 0.200. The van der Waals surface area contributed by atoms with E-state index >= 15 is 0 Å². The van der Waals surface area contributed by atoms with E-state index in [-0.39, 0.29) is 22.2 Å². The smallest absolute Gasteiger partial charge is 0.356 e. The monoisotopic (exact) mass is 236 g/mol. The lowest BCUT2D eigenvalue weighted by Gasteiger charge is -1.94. The normalized spacial score (nSPS) is 14.7. The first-order valence-electron chi connectivity index (χ1n) is 4.73. The number of rotatable bonds is 1. The summed E-state index contributed by atoms with van der Waals surface area (Å²) >= 11 is 0. The standard InChI is InChI=1S/C10H12N4O3/c1-5(13-14-10(11)17)9-8(16)4-3-7(12-9)6(2)15/h3-4,12,15H,1-2H3,(H2,11,17)/b7-6-,9-5-,14-13?. The molecule has 90 valence electrons. The number of nitrogens with one attached hydrogen (secondary N) is 1. The first kappa shape index (κ1) is 12.6. The maximum atomic E-state index is 11.5. The number of pyridine rings is 1. The number of aliphatic hydroxyl groups excluding tert-OH is 1. The minimum atomic E-state index is -0.946. The van der Waals surface area contributed by atoms with Crippen LogP contribution in [0.4, 0.5) is 4.79 Å². The van der Waals surface area contributed by atoms with E-state index in [9.17, 15) is 14.7 Å². The number of aliphatic hydroxyl groups is 1. The number of aromatic amines is 1. The first-order chi connectivity index (χ1) is 7.91. The van der Waals surface area contributed by atoms with Gasteiger partial charge in [0.25, 0.3) is 0 Å². The third kappa shape index (κ3) is 3.26. The van der Waals surface area contributed by atoms with Gasteiger partial charge in [0, 0.05) is 0 Å². The molecule has 17 heavy (non-hydrogen) atoms. The molecule has 1 heterocycles. The van der Waals surface area contributed by atoms with Crippen LogP contribution in [-0.2, 0) is 0 Å². The number of hydrogen-bond acceptors (Lipinski definition) is 4. The number of H-pyrrole nitrogens is 1. The van der Waals surface area contributed by atoms with E-state index in [1.54, 1.807) is 0 Å². The Labute approximate surface area is 96.0 Å². The molecule has 0 bridgehead atoms. The second kappa shape index (κ2) is 5.06. The van der Waals surface area contributed by atoms with Crippen molar-refractivity contribution < 1.29 is 9.90 Å². The molecule has 7 nitrogen and oxygen atoms in total. The number of urea groups is 1. The molecule has 2 amide bonds. The fourth-order valence-corrected chi connectivity index (χ4v) is 1.13. The summed E-state index contributed by atoms with van der Waals surface area (Å²) in [6.45, 7) is 2.97. The maximum absolute atomic E-state index is 11.5. The highest BCUT2D eigenvalue weighted by Crippen LogP contribution is 1.91. The summed E-state index contributed by atoms with van der Waals surface area (Å²) in [4.78, 5) is 24.6. The van der Waals surface area contributed by atoms with Crippen molar-refractivity contribution in [3.63, 3.8) is 0 Å². The Morgan fingerprint density at radius 3 is 2.53 bits per heavy atom. The molecule has 0 fully saturated rings. The minimum absolute atomic E-state index is 0.0332. The molecule has 0 radical (unpaired) electrons. The third-order valence-corrected chi connectivity index (χ3v) is 1.96. The second-order valence-electron chi connectivity index (χ2n) is 3.32. The number of primary amides is 1. The third-order valence-electron chi connectivity index (χ3n) is 1.96. The highest BCUT2D eigenvalue weighted by molar-refractivity contribution is 5.72. The number of hydrogen-bond donors (Lipinski definition) is 3. The number of amides is 2. The molecule has 0 spiro atoms. The van der Waals surface area contributed by atoms with E-state index in [2.05, 4.69) is 15.2 Å². The van der Waals surface area contributed by atoms with Crippen molar-refractivity contribution in [1.82, 2.24) is 4.98 Å². The van der Waals surface area contributed by atoms with Crippen molar-refractivity contribution in [1.29, 1.82) is 0 Å². The van der Waals surface area contributed by atoms with E-state index in [0.29, 0.717) is 5.35 Å². The van der Waals surface area contributed by atoms with Crippen molar-refractivity contribution in [3.05, 3.63) is 33.1 Å². The largest absolute Gasteiger partial charge is 0.510 e. The SMILES string of the molecule is C/C(O)=c1\ccc(=O)/c(=C(\C)N=NC(N)=O)[nH]1. The van der Waals surface area contributed by atoms with Crippen LogP contribution in [-0.4, -0.2) is 16.1 Å². The first-order valence-corrected chi connectivity index (χ1v) is 4.73. The van der Waals surface area contributed by atoms with Gasteiger partial charge in [0.1, 0.15) is 11.1 Å². The summed E-state index contributed by atoms with van der Waals surface area (Å²) < 4.78 is 0. The van der Waals surface area contributed by atoms with Crippen molar-refractivity contribution in [3.8, 4) is 0 Å². The predicted molar refractivity (Wildman–Crippen MR) is 61.5 cm³/mol. The lowest BCUT2D eigenvalue weighted by Crippen LogP contribution is -2.35. The van der Waals surface area contributed by atoms with Crippen LogP contribution in [0.1, 0.15) is 13.8 Å². The highest BCUT2D eigenvalue weighted by Gasteiger charge is 1.96. The van der Waals surface area contributed by atoms with Crippen LogP contribution in [0.15, 0.2) is 27.2 Å². The van der Waals surface area contributed by atoms with Crippen LogP contribution >= 0.6 is 0 Å². The van der Waals surface area contributed by atoms with Gasteiger partial charge < -0.3 is 15.8 Å². The van der Waals surface area contributed by atoms with Crippen molar-refractivity contribution in [2.75, 3.05) is 0 Å². The second-order valence-corrected chi connectivity index (χ2v) is 3.32. The van der Waals surface area contributed by atoms with Gasteiger partial charge in [-0.15, -0.1) is 5.11 Å². The summed E-state index contributed by atoms with van der Waals surface area (Å²) in [6.07, 6.45) is 0. The number of carbonyl (C=O) groups is 1. The molecular formula is C10H12N4O3. The number of nitrogens with two attached hydrogens (primary N) is 1. The Morgan fingerprint density at radius 1 is 1.35 bits per heavy atom. The van der Waals surface area contributed by atoms with E-state index in [0.717, 1.165) is 0 Å². The molecule has 4 N–H and O–H groups in total. The Morgan fingerprint density at radius 2 is 2.00 bits per heavy atom. The van der Waals surface area contributed by atoms with E-state index in [1.807, 2.05) is 0 Å². The van der Waals surface area contributed by atoms with Gasteiger partial charge in [-0.3, -0.25) is 4.79 Å². The van der Waals surface area contributed by atoms with Gasteiger partial charge in [-0.1, -0.05) is 5.11 Å². The zero-order valence-corrected chi connectivity index (χ0v) is 9.39. The van der Waals surface area contributed by atoms with Gasteiger partial charge in [-0.2, -0.15) is 0 Å². The molecule has 0 saturated carbocycles. The van der Waals surface area contributed by atoms with E-state index in [4.69, 9.17) is 5.73 Å². The van der Waals surface area contributed by atoms with Gasteiger partial charge in [0.15, 0.2) is 0 Å². The molecule has 1 aromatic rings. The molecular weight excluding hydrogens is 224 g/mol. The average molecular weight is 236 g/mol. The Kier molecular flexibility index (Phi) is 3.76. The zero-order valence-electron chi connectivity index (χ0n) is 9.39. The predicted octanol–water partition coefficient (Wildman–Crippen LogP) is -0.280. The summed E-state index contributed by atoms with van der Waals surface area (Å²) in [5.74, 6) is 0.0332. The quantitative estimate of drug-likeness (QED) is 0.581. The molecule has 0 aliphatic carbocycles. The summed E-state index contributed by atoms with van der Waals surface area (Å²) in [5, 5.41) is 16.4. The maximum Gasteiger partial charge on any atom is 0.356 e. The number of carbonyl (C=O) groups excluding carboxylic acids is 1. The Bertz CT molecular complexity index is 638. The highest BCUT2D eigenvalue weighted by atomic mass is 16.3. The van der Waals surface area contributed by atoms with Crippen LogP contribution in [0.2, 0.25) is 0 Å². The molecule has 0 saturated heterocycles. The van der Waals surface area contributed by atoms with Crippen molar-refractivity contribution in [2.24, 2.45) is 16.0 Å². The van der Waals surface area contributed by atoms with Gasteiger partial charge in [0.2, 0.25) is 5.43 Å². The van der Waals surface area contributed by atoms with Crippen LogP contribution < -0.4 is 21.9 Å². The summed E-state index contributed by atoms with van der Waals surface area (Å²) in [6, 6.07) is 1.78. The number of nitrogens with zero attached hydrogens (tertiary/aromatic N) is 2. The van der Waals surface area contributed by atoms with Crippen molar-refractivity contribution >= 4 is 17.5 Å². The topological polar surface area (TPSA) is 121 Å². The summed E-state index contributed by atoms with van der Waals surface area (Å²) in [7, 11) is 0. The Balaban J connectivity index is 3.55. The lowest BCUT2D eigenvalue weighted by atomic mass is 10.3. The molecule has 1 aromatic heterocycles. The molecule has 0 atom stereocenters. The van der Waals surface area contributed by atoms with Crippen LogP contribution in [0, 0.1) is 0 Å². The number of azo groups is 1. The fourth-order valence-electron chi connectivity index (χ4n) is 1.13. The summed E-state index contributed by atoms with van der Waals surface area (Å²) in [5.41, 5.74) is 4.67. The minimum Gasteiger partial charge on any atom is -0.510 e. The van der Waals surface area contributed by atoms with Gasteiger partial charge in [0.05, 0.1) is 11.0 Å². The van der Waals surface area contributed by atoms with Gasteiger partial charge in [-0.25, -0.2) is 4.79 Å². The molecule has 7 heteroatoms. The molecule has 0 unspecified atom stereocenters. The van der Waals surface area contributed by atoms with Crippen LogP contribution in [0.3, 0.4) is 0 Å². The van der Waals surface area contributed by atoms with Gasteiger partial charge >= 0.3 is 6.03 Å². The van der Waals surface area contributed by atoms with Crippen LogP contribution in [0.25, 0.3) is 11.5 Å². The average Bonchev–Trinajstić information content (AvgIpc) is 2.26. The number of aromatic nitrogens is 1. The molecule has 0 aliphatic heterocycles. The van der Waals surface area contributed by atoms with Gasteiger partial charge in [-0.05, 0) is 26.0 Å². The lowest BCUT2D eigenvalue weighted by molar-refractivity contribution is 0.255.